The predicted octanol–water partition coefficient (Wildman–Crippen LogP) is 3.19. The molecule has 1 aromatic rings. The normalized spacial score (nSPS) is 12.5. The summed E-state index contributed by atoms with van der Waals surface area (Å²) in [4.78, 5) is 22.9. The molecule has 0 bridgehead atoms. The Morgan fingerprint density at radius 2 is 1.83 bits per heavy atom. The average Bonchev–Trinajstić information content (AvgIpc) is 2.49. The molecule has 1 atom stereocenters. The van der Waals surface area contributed by atoms with Crippen LogP contribution in [0, 0.1) is 5.41 Å². The number of nitrogens with two attached hydrogens (primary N) is 1. The number of hydrogen-bond acceptors (Lipinski definition) is 4. The molecule has 0 spiro atoms. The number of unbranched alkanes of at least 4 members (excludes halogenated alkanes) is 1. The van der Waals surface area contributed by atoms with Crippen LogP contribution < -0.4 is 11.1 Å². The van der Waals surface area contributed by atoms with Crippen molar-refractivity contribution < 1.29 is 19.4 Å². The number of rotatable bonds is 8. The van der Waals surface area contributed by atoms with Gasteiger partial charge >= 0.3 is 6.09 Å². The maximum absolute atomic E-state index is 11.9. The van der Waals surface area contributed by atoms with Crippen LogP contribution in [0.5, 0.6) is 0 Å². The van der Waals surface area contributed by atoms with E-state index in [4.69, 9.17) is 15.6 Å². The summed E-state index contributed by atoms with van der Waals surface area (Å²) in [6, 6.07) is 7.06. The lowest BCUT2D eigenvalue weighted by atomic mass is 9.86. The van der Waals surface area contributed by atoms with Crippen LogP contribution in [0.2, 0.25) is 0 Å². The molecule has 1 rings (SSSR count). The third-order valence-electron chi connectivity index (χ3n) is 3.76. The second-order valence-corrected chi connectivity index (χ2v) is 6.94. The Kier molecular flexibility index (Phi) is 7.71. The van der Waals surface area contributed by atoms with Crippen molar-refractivity contribution in [2.75, 3.05) is 5.32 Å². The van der Waals surface area contributed by atoms with Gasteiger partial charge in [-0.15, -0.1) is 0 Å². The second-order valence-electron chi connectivity index (χ2n) is 6.94. The quantitative estimate of drug-likeness (QED) is 0.634. The SMILES string of the molecule is CC(C)(C)C(CCCCC(=O)Nc1ccc(CO)cc1)OC(N)=O. The zero-order valence-corrected chi connectivity index (χ0v) is 14.7. The lowest BCUT2D eigenvalue weighted by Gasteiger charge is -2.29. The van der Waals surface area contributed by atoms with Crippen molar-refractivity contribution in [3.63, 3.8) is 0 Å². The molecule has 2 amide bonds. The molecule has 0 aliphatic rings. The largest absolute Gasteiger partial charge is 0.446 e. The van der Waals surface area contributed by atoms with Gasteiger partial charge in [-0.05, 0) is 42.4 Å². The van der Waals surface area contributed by atoms with Gasteiger partial charge < -0.3 is 20.9 Å². The highest BCUT2D eigenvalue weighted by Gasteiger charge is 2.27. The highest BCUT2D eigenvalue weighted by molar-refractivity contribution is 5.90. The van der Waals surface area contributed by atoms with Gasteiger partial charge in [-0.25, -0.2) is 4.79 Å². The lowest BCUT2D eigenvalue weighted by Crippen LogP contribution is -2.33. The van der Waals surface area contributed by atoms with Crippen LogP contribution in [0.15, 0.2) is 24.3 Å². The molecule has 0 saturated heterocycles. The summed E-state index contributed by atoms with van der Waals surface area (Å²) < 4.78 is 5.16. The van der Waals surface area contributed by atoms with E-state index in [0.717, 1.165) is 12.0 Å². The van der Waals surface area contributed by atoms with Crippen molar-refractivity contribution in [3.8, 4) is 0 Å². The number of amides is 2. The minimum atomic E-state index is -0.765. The topological polar surface area (TPSA) is 102 Å². The van der Waals surface area contributed by atoms with Gasteiger partial charge in [0.05, 0.1) is 6.61 Å². The average molecular weight is 336 g/mol. The number of anilines is 1. The molecule has 0 aliphatic carbocycles. The first kappa shape index (κ1) is 20.0. The van der Waals surface area contributed by atoms with Gasteiger partial charge in [0.25, 0.3) is 0 Å². The first-order valence-corrected chi connectivity index (χ1v) is 8.18. The van der Waals surface area contributed by atoms with Gasteiger partial charge in [-0.2, -0.15) is 0 Å². The maximum atomic E-state index is 11.9. The molecule has 0 heterocycles. The van der Waals surface area contributed by atoms with E-state index in [1.807, 2.05) is 20.8 Å². The van der Waals surface area contributed by atoms with Gasteiger partial charge in [-0.3, -0.25) is 4.79 Å². The number of hydrogen-bond donors (Lipinski definition) is 3. The van der Waals surface area contributed by atoms with Crippen LogP contribution in [0.1, 0.15) is 52.0 Å². The van der Waals surface area contributed by atoms with E-state index in [0.29, 0.717) is 24.9 Å². The van der Waals surface area contributed by atoms with Crippen LogP contribution in [0.25, 0.3) is 0 Å². The van der Waals surface area contributed by atoms with Gasteiger partial charge in [0, 0.05) is 12.1 Å². The first-order valence-electron chi connectivity index (χ1n) is 8.18. The number of ether oxygens (including phenoxy) is 1. The van der Waals surface area contributed by atoms with Crippen molar-refractivity contribution in [3.05, 3.63) is 29.8 Å². The molecular weight excluding hydrogens is 308 g/mol. The Balaban J connectivity index is 2.34. The Morgan fingerprint density at radius 1 is 1.21 bits per heavy atom. The molecule has 0 saturated carbocycles. The fourth-order valence-electron chi connectivity index (χ4n) is 2.34. The molecular formula is C18H28N2O4. The van der Waals surface area contributed by atoms with Gasteiger partial charge in [-0.1, -0.05) is 32.9 Å². The summed E-state index contributed by atoms with van der Waals surface area (Å²) in [5, 5.41) is 11.8. The minimum absolute atomic E-state index is 0.0173. The monoisotopic (exact) mass is 336 g/mol. The number of benzene rings is 1. The third kappa shape index (κ3) is 7.46. The second kappa shape index (κ2) is 9.27. The van der Waals surface area contributed by atoms with Gasteiger partial charge in [0.2, 0.25) is 5.91 Å². The van der Waals surface area contributed by atoms with E-state index in [1.54, 1.807) is 24.3 Å². The molecule has 0 aliphatic heterocycles. The molecule has 24 heavy (non-hydrogen) atoms. The zero-order valence-electron chi connectivity index (χ0n) is 14.7. The fraction of sp³-hybridized carbons (Fsp3) is 0.556. The predicted molar refractivity (Wildman–Crippen MR) is 93.4 cm³/mol. The van der Waals surface area contributed by atoms with Gasteiger partial charge in [0.1, 0.15) is 6.10 Å². The Morgan fingerprint density at radius 3 is 2.33 bits per heavy atom. The zero-order chi connectivity index (χ0) is 18.2. The summed E-state index contributed by atoms with van der Waals surface area (Å²) in [5.74, 6) is -0.0603. The first-order chi connectivity index (χ1) is 11.2. The van der Waals surface area contributed by atoms with Crippen molar-refractivity contribution in [1.82, 2.24) is 0 Å². The highest BCUT2D eigenvalue weighted by atomic mass is 16.6. The molecule has 1 unspecified atom stereocenters. The molecule has 0 fully saturated rings. The Bertz CT molecular complexity index is 535. The summed E-state index contributed by atoms with van der Waals surface area (Å²) in [6.07, 6.45) is 1.52. The molecule has 0 radical (unpaired) electrons. The fourth-order valence-corrected chi connectivity index (χ4v) is 2.34. The van der Waals surface area contributed by atoms with Crippen LogP contribution >= 0.6 is 0 Å². The smallest absolute Gasteiger partial charge is 0.404 e. The van der Waals surface area contributed by atoms with E-state index >= 15 is 0 Å². The van der Waals surface area contributed by atoms with Gasteiger partial charge in [0.15, 0.2) is 0 Å². The van der Waals surface area contributed by atoms with Crippen molar-refractivity contribution in [2.45, 2.75) is 59.2 Å². The van der Waals surface area contributed by atoms with E-state index in [1.165, 1.54) is 0 Å². The molecule has 6 heteroatoms. The Labute approximate surface area is 143 Å². The van der Waals surface area contributed by atoms with Crippen LogP contribution in [-0.2, 0) is 16.1 Å². The van der Waals surface area contributed by atoms with E-state index in [2.05, 4.69) is 5.32 Å². The van der Waals surface area contributed by atoms with Crippen LogP contribution in [0.4, 0.5) is 10.5 Å². The highest BCUT2D eigenvalue weighted by Crippen LogP contribution is 2.26. The van der Waals surface area contributed by atoms with Crippen LogP contribution in [-0.4, -0.2) is 23.2 Å². The molecule has 6 nitrogen and oxygen atoms in total. The van der Waals surface area contributed by atoms with Crippen molar-refractivity contribution in [2.24, 2.45) is 11.1 Å². The summed E-state index contributed by atoms with van der Waals surface area (Å²) in [5.41, 5.74) is 6.43. The van der Waals surface area contributed by atoms with Crippen molar-refractivity contribution in [1.29, 1.82) is 0 Å². The number of carbonyl (C=O) groups is 2. The molecule has 4 N–H and O–H groups in total. The van der Waals surface area contributed by atoms with E-state index in [-0.39, 0.29) is 24.0 Å². The summed E-state index contributed by atoms with van der Waals surface area (Å²) in [6.45, 7) is 5.95. The van der Waals surface area contributed by atoms with Crippen molar-refractivity contribution >= 4 is 17.7 Å². The molecule has 1 aromatic carbocycles. The van der Waals surface area contributed by atoms with Crippen LogP contribution in [0.3, 0.4) is 0 Å². The number of primary amides is 1. The number of carbonyl (C=O) groups excluding carboxylic acids is 2. The number of aliphatic hydroxyl groups is 1. The lowest BCUT2D eigenvalue weighted by molar-refractivity contribution is -0.116. The minimum Gasteiger partial charge on any atom is -0.446 e. The molecule has 134 valence electrons. The number of aliphatic hydroxyl groups excluding tert-OH is 1. The maximum Gasteiger partial charge on any atom is 0.404 e. The standard InChI is InChI=1S/C18H28N2O4/c1-18(2,3)15(24-17(19)23)6-4-5-7-16(22)20-14-10-8-13(12-21)9-11-14/h8-11,15,21H,4-7,12H2,1-3H3,(H2,19,23)(H,20,22). The summed E-state index contributed by atoms with van der Waals surface area (Å²) >= 11 is 0. The number of nitrogens with one attached hydrogen (secondary N) is 1. The third-order valence-corrected chi connectivity index (χ3v) is 3.76. The summed E-state index contributed by atoms with van der Waals surface area (Å²) in [7, 11) is 0. The van der Waals surface area contributed by atoms with E-state index < -0.39 is 6.09 Å². The molecule has 0 aromatic heterocycles. The van der Waals surface area contributed by atoms with E-state index in [9.17, 15) is 9.59 Å². The Hall–Kier alpha value is -2.08.